The van der Waals surface area contributed by atoms with Crippen LogP contribution in [0.1, 0.15) is 0 Å². The van der Waals surface area contributed by atoms with Crippen molar-refractivity contribution in [1.29, 1.82) is 0 Å². The molecule has 6 nitrogen and oxygen atoms in total. The highest BCUT2D eigenvalue weighted by atomic mass is 35.7. The van der Waals surface area contributed by atoms with Crippen LogP contribution >= 0.6 is 11.3 Å². The predicted octanol–water partition coefficient (Wildman–Crippen LogP) is 1.78. The van der Waals surface area contributed by atoms with Crippen molar-refractivity contribution in [2.24, 2.45) is 0 Å². The first kappa shape index (κ1) is 22.9. The average Bonchev–Trinajstić information content (AvgIpc) is 2.77. The molecule has 8 heteroatoms. The van der Waals surface area contributed by atoms with Crippen LogP contribution < -0.4 is 28.1 Å². The molecule has 1 heterocycles. The number of methoxy groups -OCH3 is 2. The van der Waals surface area contributed by atoms with Crippen molar-refractivity contribution in [3.8, 4) is 33.1 Å². The fourth-order valence-electron chi connectivity index (χ4n) is 3.11. The quantitative estimate of drug-likeness (QED) is 0.431. The molecule has 0 N–H and O–H groups in total. The van der Waals surface area contributed by atoms with Gasteiger partial charge in [-0.2, -0.15) is 0 Å². The fraction of sp³-hybridized carbons (Fsp3) is 0.0870. The van der Waals surface area contributed by atoms with Crippen LogP contribution in [0.15, 0.2) is 78.9 Å². The van der Waals surface area contributed by atoms with Crippen LogP contribution in [0.2, 0.25) is 0 Å². The van der Waals surface area contributed by atoms with E-state index in [9.17, 15) is 0 Å². The predicted molar refractivity (Wildman–Crippen MR) is 110 cm³/mol. The molecule has 0 saturated carbocycles. The Hall–Kier alpha value is -2.78. The second kappa shape index (κ2) is 10.0. The molecule has 0 aliphatic carbocycles. The summed E-state index contributed by atoms with van der Waals surface area (Å²) in [5.74, 6) is 1.50. The molecular weight excluding hydrogens is 440 g/mol. The summed E-state index contributed by atoms with van der Waals surface area (Å²) in [6, 6.07) is 27.4. The van der Waals surface area contributed by atoms with Crippen LogP contribution in [-0.2, 0) is 0 Å². The van der Waals surface area contributed by atoms with E-state index in [1.165, 1.54) is 31.7 Å². The monoisotopic (exact) mass is 458 g/mol. The lowest BCUT2D eigenvalue weighted by Crippen LogP contribution is -2.68. The third-order valence-electron chi connectivity index (χ3n) is 4.41. The zero-order valence-corrected chi connectivity index (χ0v) is 18.3. The largest absolute Gasteiger partial charge is 0.493 e. The summed E-state index contributed by atoms with van der Waals surface area (Å²) in [6.45, 7) is 0. The Morgan fingerprint density at radius 2 is 1.16 bits per heavy atom. The summed E-state index contributed by atoms with van der Waals surface area (Å²) in [5, 5.41) is 1.17. The Bertz CT molecular complexity index is 1140. The minimum Gasteiger partial charge on any atom is -0.493 e. The maximum absolute atomic E-state index is 8.49. The first-order valence-corrected chi connectivity index (χ1v) is 11.1. The minimum atomic E-state index is -4.94. The van der Waals surface area contributed by atoms with Gasteiger partial charge in [0.1, 0.15) is 0 Å². The zero-order valence-electron chi connectivity index (χ0n) is 16.7. The number of benzene rings is 3. The third kappa shape index (κ3) is 6.11. The highest BCUT2D eigenvalue weighted by Crippen LogP contribution is 2.42. The molecule has 0 unspecified atom stereocenters. The second-order valence-electron chi connectivity index (χ2n) is 6.34. The maximum atomic E-state index is 8.49. The topological polar surface area (TPSA) is 111 Å². The molecule has 0 bridgehead atoms. The normalized spacial score (nSPS) is 10.9. The van der Waals surface area contributed by atoms with Gasteiger partial charge in [0.15, 0.2) is 11.5 Å². The first-order valence-electron chi connectivity index (χ1n) is 9.05. The molecule has 1 aromatic heterocycles. The SMILES string of the molecule is COc1cc2[s+]c(-c3ccccc3)cc(-c3ccccc3)c2cc1OC.[O-][Cl+3]([O-])([O-])[O-]. The molecule has 160 valence electrons. The summed E-state index contributed by atoms with van der Waals surface area (Å²) in [6.07, 6.45) is 0. The molecule has 0 aliphatic heterocycles. The number of halogens is 1. The van der Waals surface area contributed by atoms with Gasteiger partial charge in [0.2, 0.25) is 20.9 Å². The Morgan fingerprint density at radius 1 is 0.677 bits per heavy atom. The van der Waals surface area contributed by atoms with Gasteiger partial charge in [-0.15, -0.1) is 10.2 Å². The highest BCUT2D eigenvalue weighted by molar-refractivity contribution is 7.21. The van der Waals surface area contributed by atoms with Gasteiger partial charge in [0, 0.05) is 17.2 Å². The lowest BCUT2D eigenvalue weighted by molar-refractivity contribution is -2.00. The number of hydrogen-bond acceptors (Lipinski definition) is 6. The third-order valence-corrected chi connectivity index (χ3v) is 5.55. The minimum absolute atomic E-state index is 0.747. The second-order valence-corrected chi connectivity index (χ2v) is 8.18. The van der Waals surface area contributed by atoms with Crippen LogP contribution in [0.4, 0.5) is 0 Å². The van der Waals surface area contributed by atoms with E-state index in [0.29, 0.717) is 0 Å². The van der Waals surface area contributed by atoms with Gasteiger partial charge in [-0.1, -0.05) is 48.5 Å². The molecule has 0 amide bonds. The van der Waals surface area contributed by atoms with Crippen molar-refractivity contribution in [3.63, 3.8) is 0 Å². The van der Waals surface area contributed by atoms with Crippen molar-refractivity contribution in [2.45, 2.75) is 0 Å². The van der Waals surface area contributed by atoms with Gasteiger partial charge < -0.3 is 9.47 Å². The van der Waals surface area contributed by atoms with Gasteiger partial charge in [-0.3, -0.25) is 0 Å². The van der Waals surface area contributed by atoms with Gasteiger partial charge in [0.25, 0.3) is 0 Å². The van der Waals surface area contributed by atoms with E-state index in [4.69, 9.17) is 28.1 Å². The molecule has 0 fully saturated rings. The molecule has 0 spiro atoms. The summed E-state index contributed by atoms with van der Waals surface area (Å²) in [5.41, 5.74) is 3.60. The van der Waals surface area contributed by atoms with Crippen LogP contribution in [0.3, 0.4) is 0 Å². The van der Waals surface area contributed by atoms with Crippen LogP contribution in [0.5, 0.6) is 11.5 Å². The van der Waals surface area contributed by atoms with Crippen molar-refractivity contribution in [2.75, 3.05) is 14.2 Å². The first-order chi connectivity index (χ1) is 14.8. The molecule has 3 aromatic carbocycles. The van der Waals surface area contributed by atoms with E-state index in [0.717, 1.165) is 11.5 Å². The standard InChI is InChI=1S/C23H19O2S.ClHO4/c1-24-20-13-19-18(16-9-5-3-6-10-16)14-22(17-11-7-4-8-12-17)26-23(19)15-21(20)25-2;2-1(3,4)5/h3-15H,1-2H3;(H,2,3,4,5)/q+1;/p-1. The molecule has 31 heavy (non-hydrogen) atoms. The molecule has 0 atom stereocenters. The Morgan fingerprint density at radius 3 is 1.68 bits per heavy atom. The Kier molecular flexibility index (Phi) is 7.40. The van der Waals surface area contributed by atoms with E-state index in [2.05, 4.69) is 66.7 Å². The summed E-state index contributed by atoms with van der Waals surface area (Å²) < 4.78 is 46.2. The zero-order chi connectivity index (χ0) is 22.4. The molecule has 4 rings (SSSR count). The maximum Gasteiger partial charge on any atom is 0.243 e. The van der Waals surface area contributed by atoms with E-state index in [1.807, 2.05) is 12.1 Å². The van der Waals surface area contributed by atoms with Crippen LogP contribution in [0, 0.1) is 10.2 Å². The number of ether oxygens (including phenoxy) is 2. The van der Waals surface area contributed by atoms with Crippen molar-refractivity contribution < 1.29 is 38.4 Å². The highest BCUT2D eigenvalue weighted by Gasteiger charge is 2.21. The van der Waals surface area contributed by atoms with E-state index in [1.54, 1.807) is 25.6 Å². The summed E-state index contributed by atoms with van der Waals surface area (Å²) in [4.78, 5) is 1.23. The van der Waals surface area contributed by atoms with Crippen LogP contribution in [-0.4, -0.2) is 14.2 Å². The van der Waals surface area contributed by atoms with Crippen molar-refractivity contribution >= 4 is 21.4 Å². The lowest BCUT2D eigenvalue weighted by atomic mass is 10.0. The average molecular weight is 459 g/mol. The van der Waals surface area contributed by atoms with E-state index >= 15 is 0 Å². The lowest BCUT2D eigenvalue weighted by Gasteiger charge is -2.17. The van der Waals surface area contributed by atoms with E-state index in [-0.39, 0.29) is 0 Å². The molecule has 0 radical (unpaired) electrons. The van der Waals surface area contributed by atoms with E-state index < -0.39 is 10.2 Å². The van der Waals surface area contributed by atoms with Gasteiger partial charge >= 0.3 is 0 Å². The molecule has 0 aliphatic rings. The molecule has 0 saturated heterocycles. The Balaban J connectivity index is 0.000000491. The van der Waals surface area contributed by atoms with Gasteiger partial charge in [-0.25, -0.2) is 18.6 Å². The van der Waals surface area contributed by atoms with Gasteiger partial charge in [-0.05, 0) is 23.8 Å². The molecule has 4 aromatic rings. The summed E-state index contributed by atoms with van der Waals surface area (Å²) >= 11 is 1.76. The number of fused-ring (bicyclic) bond motifs is 1. The fourth-order valence-corrected chi connectivity index (χ4v) is 4.23. The van der Waals surface area contributed by atoms with Crippen LogP contribution in [0.25, 0.3) is 31.7 Å². The molecular formula is C23H19ClO6S. The van der Waals surface area contributed by atoms with Gasteiger partial charge in [0.05, 0.1) is 25.7 Å². The summed E-state index contributed by atoms with van der Waals surface area (Å²) in [7, 11) is -1.60. The number of hydrogen-bond donors (Lipinski definition) is 0. The Labute approximate surface area is 185 Å². The van der Waals surface area contributed by atoms with Crippen molar-refractivity contribution in [1.82, 2.24) is 0 Å². The smallest absolute Gasteiger partial charge is 0.243 e. The van der Waals surface area contributed by atoms with Crippen molar-refractivity contribution in [3.05, 3.63) is 78.9 Å². The number of rotatable bonds is 4.